The molecule has 1 aromatic heterocycles. The van der Waals surface area contributed by atoms with E-state index in [-0.39, 0.29) is 6.10 Å². The van der Waals surface area contributed by atoms with E-state index in [1.807, 2.05) is 0 Å². The minimum Gasteiger partial charge on any atom is -0.497 e. The van der Waals surface area contributed by atoms with Gasteiger partial charge in [-0.05, 0) is 42.9 Å². The van der Waals surface area contributed by atoms with Crippen molar-refractivity contribution in [1.29, 1.82) is 0 Å². The zero-order valence-corrected chi connectivity index (χ0v) is 14.3. The van der Waals surface area contributed by atoms with E-state index in [0.717, 1.165) is 18.2 Å². The predicted molar refractivity (Wildman–Crippen MR) is 92.2 cm³/mol. The number of nitrogens with one attached hydrogen (secondary N) is 1. The number of hydrogen-bond donors (Lipinski definition) is 1. The Kier molecular flexibility index (Phi) is 2.61. The van der Waals surface area contributed by atoms with Gasteiger partial charge in [-0.25, -0.2) is 0 Å². The lowest BCUT2D eigenvalue weighted by atomic mass is 9.64. The Morgan fingerprint density at radius 3 is 3.08 bits per heavy atom. The molecule has 7 rings (SSSR count). The second-order valence-electron chi connectivity index (χ2n) is 8.07. The third kappa shape index (κ3) is 1.52. The molecule has 1 aliphatic carbocycles. The van der Waals surface area contributed by atoms with Crippen LogP contribution in [0.25, 0.3) is 10.9 Å². The van der Waals surface area contributed by atoms with Gasteiger partial charge in [0, 0.05) is 40.7 Å². The number of H-pyrrole nitrogens is 1. The van der Waals surface area contributed by atoms with E-state index >= 15 is 0 Å². The van der Waals surface area contributed by atoms with Crippen LogP contribution in [0.3, 0.4) is 0 Å². The van der Waals surface area contributed by atoms with E-state index < -0.39 is 0 Å². The lowest BCUT2D eigenvalue weighted by Crippen LogP contribution is -2.59. The normalized spacial score (nSPS) is 41.7. The van der Waals surface area contributed by atoms with E-state index in [0.29, 0.717) is 24.1 Å². The Labute approximate surface area is 142 Å². The minimum atomic E-state index is 0.219. The molecule has 126 valence electrons. The number of rotatable bonds is 2. The van der Waals surface area contributed by atoms with E-state index in [9.17, 15) is 0 Å². The zero-order valence-electron chi connectivity index (χ0n) is 14.3. The molecule has 4 nitrogen and oxygen atoms in total. The SMILES string of the molecule is CC[C@H]1C[C@@H]2C[C@H]3c4[nH]c5ccc(OC)cc5c4[C@@H]4CN([C@@H]13)[C@H]2O4. The molecule has 4 aliphatic heterocycles. The maximum Gasteiger partial charge on any atom is 0.119 e. The topological polar surface area (TPSA) is 37.5 Å². The number of benzene rings is 1. The van der Waals surface area contributed by atoms with Crippen LogP contribution in [0.5, 0.6) is 5.75 Å². The fourth-order valence-corrected chi connectivity index (χ4v) is 6.25. The van der Waals surface area contributed by atoms with Crippen LogP contribution >= 0.6 is 0 Å². The summed E-state index contributed by atoms with van der Waals surface area (Å²) in [5, 5.41) is 1.30. The molecule has 4 fully saturated rings. The Hall–Kier alpha value is -1.52. The summed E-state index contributed by atoms with van der Waals surface area (Å²) >= 11 is 0. The number of ether oxygens (including phenoxy) is 2. The molecule has 3 saturated heterocycles. The molecule has 0 spiro atoms. The Morgan fingerprint density at radius 2 is 2.25 bits per heavy atom. The number of piperidine rings is 2. The highest BCUT2D eigenvalue weighted by Crippen LogP contribution is 2.59. The summed E-state index contributed by atoms with van der Waals surface area (Å²) in [6.07, 6.45) is 4.51. The van der Waals surface area contributed by atoms with Gasteiger partial charge in [-0.3, -0.25) is 4.90 Å². The number of fused-ring (bicyclic) bond motifs is 6. The Morgan fingerprint density at radius 1 is 1.33 bits per heavy atom. The largest absolute Gasteiger partial charge is 0.497 e. The van der Waals surface area contributed by atoms with Crippen LogP contribution in [0.15, 0.2) is 18.2 Å². The standard InChI is InChI=1S/C20H24N2O2/c1-3-10-6-11-7-14-18-17(16-9-22(19(10)14)20(11)24-16)13-8-12(23-2)4-5-15(13)21-18/h4-5,8,10-11,14,16,19-21H,3,6-7,9H2,1-2H3/t10-,11+,14-,16-,19-,20-/m0/s1. The van der Waals surface area contributed by atoms with Gasteiger partial charge in [-0.15, -0.1) is 0 Å². The summed E-state index contributed by atoms with van der Waals surface area (Å²) in [7, 11) is 1.74. The van der Waals surface area contributed by atoms with Crippen LogP contribution in [0.2, 0.25) is 0 Å². The van der Waals surface area contributed by atoms with Crippen molar-refractivity contribution in [3.05, 3.63) is 29.5 Å². The van der Waals surface area contributed by atoms with Crippen LogP contribution in [0.4, 0.5) is 0 Å². The predicted octanol–water partition coefficient (Wildman–Crippen LogP) is 3.79. The van der Waals surface area contributed by atoms with Gasteiger partial charge in [0.1, 0.15) is 12.0 Å². The summed E-state index contributed by atoms with van der Waals surface area (Å²) in [6.45, 7) is 3.43. The molecule has 4 heteroatoms. The molecule has 5 aliphatic rings. The number of aromatic nitrogens is 1. The summed E-state index contributed by atoms with van der Waals surface area (Å²) < 4.78 is 12.1. The molecule has 5 bridgehead atoms. The third-order valence-corrected chi connectivity index (χ3v) is 7.14. The summed E-state index contributed by atoms with van der Waals surface area (Å²) in [6, 6.07) is 7.06. The van der Waals surface area contributed by atoms with Crippen molar-refractivity contribution in [2.24, 2.45) is 11.8 Å². The molecule has 7 atom stereocenters. The van der Waals surface area contributed by atoms with E-state index in [1.54, 1.807) is 7.11 Å². The summed E-state index contributed by atoms with van der Waals surface area (Å²) in [5.74, 6) is 3.11. The monoisotopic (exact) mass is 324 g/mol. The second kappa shape index (κ2) is 4.55. The fraction of sp³-hybridized carbons (Fsp3) is 0.600. The van der Waals surface area contributed by atoms with Crippen molar-refractivity contribution in [3.8, 4) is 5.75 Å². The molecular weight excluding hydrogens is 300 g/mol. The van der Waals surface area contributed by atoms with Crippen LogP contribution < -0.4 is 4.74 Å². The highest BCUT2D eigenvalue weighted by molar-refractivity contribution is 5.87. The van der Waals surface area contributed by atoms with Crippen molar-refractivity contribution in [1.82, 2.24) is 9.88 Å². The second-order valence-corrected chi connectivity index (χ2v) is 8.07. The van der Waals surface area contributed by atoms with Gasteiger partial charge >= 0.3 is 0 Å². The number of aromatic amines is 1. The van der Waals surface area contributed by atoms with E-state index in [1.165, 1.54) is 41.4 Å². The van der Waals surface area contributed by atoms with E-state index in [2.05, 4.69) is 35.0 Å². The zero-order chi connectivity index (χ0) is 16.0. The van der Waals surface area contributed by atoms with Gasteiger partial charge in [0.05, 0.1) is 13.2 Å². The Balaban J connectivity index is 1.60. The van der Waals surface area contributed by atoms with Crippen molar-refractivity contribution in [2.75, 3.05) is 13.7 Å². The minimum absolute atomic E-state index is 0.219. The van der Waals surface area contributed by atoms with Gasteiger partial charge in [0.15, 0.2) is 0 Å². The Bertz CT molecular complexity index is 828. The summed E-state index contributed by atoms with van der Waals surface area (Å²) in [4.78, 5) is 6.49. The molecular formula is C20H24N2O2. The summed E-state index contributed by atoms with van der Waals surface area (Å²) in [5.41, 5.74) is 4.10. The van der Waals surface area contributed by atoms with Crippen LogP contribution in [0.1, 0.15) is 49.5 Å². The van der Waals surface area contributed by atoms with Crippen molar-refractivity contribution < 1.29 is 9.47 Å². The quantitative estimate of drug-likeness (QED) is 0.913. The molecule has 1 saturated carbocycles. The van der Waals surface area contributed by atoms with E-state index in [4.69, 9.17) is 9.47 Å². The maximum absolute atomic E-state index is 6.61. The smallest absolute Gasteiger partial charge is 0.119 e. The van der Waals surface area contributed by atoms with Gasteiger partial charge in [0.2, 0.25) is 0 Å². The fourth-order valence-electron chi connectivity index (χ4n) is 6.25. The van der Waals surface area contributed by atoms with Crippen molar-refractivity contribution >= 4 is 10.9 Å². The molecule has 0 amide bonds. The molecule has 1 N–H and O–H groups in total. The number of nitrogens with zero attached hydrogens (tertiary/aromatic N) is 1. The molecule has 0 radical (unpaired) electrons. The first-order chi connectivity index (χ1) is 11.8. The van der Waals surface area contributed by atoms with Crippen LogP contribution in [-0.2, 0) is 4.74 Å². The first-order valence-corrected chi connectivity index (χ1v) is 9.39. The van der Waals surface area contributed by atoms with Crippen LogP contribution in [-0.4, -0.2) is 35.8 Å². The van der Waals surface area contributed by atoms with Gasteiger partial charge < -0.3 is 14.5 Å². The lowest BCUT2D eigenvalue weighted by molar-refractivity contribution is -0.142. The maximum atomic E-state index is 6.61. The number of methoxy groups -OCH3 is 1. The number of hydrogen-bond acceptors (Lipinski definition) is 3. The van der Waals surface area contributed by atoms with Crippen molar-refractivity contribution in [2.45, 2.75) is 50.5 Å². The molecule has 5 heterocycles. The average molecular weight is 324 g/mol. The molecule has 1 unspecified atom stereocenters. The lowest BCUT2D eigenvalue weighted by Gasteiger charge is -2.55. The highest BCUT2D eigenvalue weighted by atomic mass is 16.5. The first-order valence-electron chi connectivity index (χ1n) is 9.39. The van der Waals surface area contributed by atoms with Gasteiger partial charge in [-0.1, -0.05) is 13.3 Å². The molecule has 24 heavy (non-hydrogen) atoms. The molecule has 2 aromatic rings. The van der Waals surface area contributed by atoms with Gasteiger partial charge in [-0.2, -0.15) is 0 Å². The average Bonchev–Trinajstić information content (AvgIpc) is 3.19. The van der Waals surface area contributed by atoms with Crippen LogP contribution in [0, 0.1) is 11.8 Å². The first kappa shape index (κ1) is 13.7. The third-order valence-electron chi connectivity index (χ3n) is 7.14. The highest BCUT2D eigenvalue weighted by Gasteiger charge is 2.59. The van der Waals surface area contributed by atoms with Crippen molar-refractivity contribution in [3.63, 3.8) is 0 Å². The van der Waals surface area contributed by atoms with Gasteiger partial charge in [0.25, 0.3) is 0 Å². The molecule has 1 aromatic carbocycles.